The van der Waals surface area contributed by atoms with Crippen LogP contribution in [0.25, 0.3) is 77.8 Å². The van der Waals surface area contributed by atoms with Gasteiger partial charge in [-0.05, 0) is 126 Å². The Morgan fingerprint density at radius 1 is 0.309 bits per heavy atom. The van der Waals surface area contributed by atoms with Crippen LogP contribution in [0.1, 0.15) is 49.9 Å². The van der Waals surface area contributed by atoms with Crippen LogP contribution in [0.4, 0.5) is 0 Å². The molecule has 0 unspecified atom stereocenters. The molecule has 6 aromatic heterocycles. The van der Waals surface area contributed by atoms with Crippen LogP contribution in [0.5, 0.6) is 0 Å². The van der Waals surface area contributed by atoms with Gasteiger partial charge < -0.3 is 19.1 Å². The first-order valence-corrected chi connectivity index (χ1v) is 42.3. The zero-order valence-corrected chi connectivity index (χ0v) is 67.4. The van der Waals surface area contributed by atoms with Crippen LogP contribution < -0.4 is 41.5 Å². The minimum Gasteiger partial charge on any atom is -0.319 e. The SMILES string of the molecule is CC1(C)c2ccccc2Sc2c([Si](c3[c-]c(-c4ccccn4)ccc3)(c3ccccc3)c3ccccc3)[c-]c3c(c21)c1ccccc1n3-c1ccccn1.CC1(C)c2ccccc2Sc2c1c([Si](c1[c-]c(-c3ccccn3)ccc1)(c1ccccc1)c1ccccc1)[c-]c1c2c2ccccc2n1-c1ccccn1.[Pd+2].[Pd+2]. The number of aromatic nitrogens is 6. The van der Waals surface area contributed by atoms with Crippen LogP contribution in [-0.4, -0.2) is 45.2 Å². The zero-order chi connectivity index (χ0) is 72.6. The maximum Gasteiger partial charge on any atom is 2.00 e. The summed E-state index contributed by atoms with van der Waals surface area (Å²) in [6, 6.07) is 135. The molecule has 0 aliphatic carbocycles. The van der Waals surface area contributed by atoms with E-state index in [0.29, 0.717) is 0 Å². The van der Waals surface area contributed by atoms with Gasteiger partial charge in [-0.3, -0.25) is 0 Å². The Bertz CT molecular complexity index is 6350. The van der Waals surface area contributed by atoms with E-state index in [4.69, 9.17) is 19.9 Å². The third-order valence-electron chi connectivity index (χ3n) is 22.1. The second-order valence-electron chi connectivity index (χ2n) is 28.7. The van der Waals surface area contributed by atoms with E-state index in [1.807, 2.05) is 84.7 Å². The topological polar surface area (TPSA) is 61.4 Å². The van der Waals surface area contributed by atoms with Crippen molar-refractivity contribution in [3.8, 4) is 34.2 Å². The number of hydrogen-bond acceptors (Lipinski definition) is 6. The van der Waals surface area contributed by atoms with E-state index in [1.54, 1.807) is 0 Å². The number of hydrogen-bond donors (Lipinski definition) is 0. The second kappa shape index (κ2) is 29.6. The van der Waals surface area contributed by atoms with E-state index in [2.05, 4.69) is 352 Å². The van der Waals surface area contributed by atoms with Crippen molar-refractivity contribution in [3.63, 3.8) is 0 Å². The summed E-state index contributed by atoms with van der Waals surface area (Å²) in [6.45, 7) is 9.63. The van der Waals surface area contributed by atoms with Crippen molar-refractivity contribution in [1.82, 2.24) is 29.1 Å². The Balaban J connectivity index is 0.000000157. The van der Waals surface area contributed by atoms with E-state index in [1.165, 1.54) is 105 Å². The molecule has 8 heterocycles. The molecule has 0 radical (unpaired) electrons. The molecule has 2 aliphatic heterocycles. The molecule has 532 valence electrons. The summed E-state index contributed by atoms with van der Waals surface area (Å²) in [5.74, 6) is 1.75. The number of fused-ring (bicyclic) bond motifs is 12. The molecule has 0 spiro atoms. The van der Waals surface area contributed by atoms with Gasteiger partial charge in [0.2, 0.25) is 0 Å². The molecule has 0 saturated heterocycles. The molecule has 110 heavy (non-hydrogen) atoms. The number of benzene rings is 12. The van der Waals surface area contributed by atoms with E-state index in [-0.39, 0.29) is 51.7 Å². The number of pyridine rings is 4. The van der Waals surface area contributed by atoms with Crippen LogP contribution in [0.15, 0.2) is 372 Å². The molecule has 0 amide bonds. The Morgan fingerprint density at radius 2 is 0.673 bits per heavy atom. The van der Waals surface area contributed by atoms with Crippen molar-refractivity contribution in [2.24, 2.45) is 0 Å². The predicted molar refractivity (Wildman–Crippen MR) is 452 cm³/mol. The third kappa shape index (κ3) is 11.7. The molecule has 0 atom stereocenters. The summed E-state index contributed by atoms with van der Waals surface area (Å²) in [5.41, 5.74) is 12.8. The molecule has 12 aromatic carbocycles. The van der Waals surface area contributed by atoms with Gasteiger partial charge in [-0.2, -0.15) is 29.1 Å². The van der Waals surface area contributed by atoms with Gasteiger partial charge in [0.25, 0.3) is 0 Å². The molecule has 2 aliphatic rings. The first-order valence-electron chi connectivity index (χ1n) is 36.7. The quantitative estimate of drug-likeness (QED) is 0.0690. The smallest absolute Gasteiger partial charge is 0.319 e. The molecule has 18 aromatic rings. The molecular formula is C98H70N6Pd2S2Si2. The van der Waals surface area contributed by atoms with E-state index < -0.39 is 16.1 Å². The van der Waals surface area contributed by atoms with Gasteiger partial charge in [0, 0.05) is 45.6 Å². The summed E-state index contributed by atoms with van der Waals surface area (Å²) in [7, 11) is -6.44. The number of nitrogens with zero attached hydrogens (tertiary/aromatic N) is 6. The van der Waals surface area contributed by atoms with Crippen molar-refractivity contribution in [2.75, 3.05) is 0 Å². The van der Waals surface area contributed by atoms with Gasteiger partial charge in [0.05, 0.1) is 0 Å². The van der Waals surface area contributed by atoms with Gasteiger partial charge in [0.1, 0.15) is 27.8 Å². The molecule has 0 N–H and O–H groups in total. The Labute approximate surface area is 679 Å². The maximum atomic E-state index is 4.95. The van der Waals surface area contributed by atoms with Gasteiger partial charge in [0.15, 0.2) is 0 Å². The van der Waals surface area contributed by atoms with Crippen LogP contribution in [-0.2, 0) is 51.7 Å². The fourth-order valence-corrected chi connectivity index (χ4v) is 30.6. The minimum absolute atomic E-state index is 0. The normalized spacial score (nSPS) is 13.2. The fraction of sp³-hybridized carbons (Fsp3) is 0.0612. The summed E-state index contributed by atoms with van der Waals surface area (Å²) < 4.78 is 4.66. The van der Waals surface area contributed by atoms with Crippen molar-refractivity contribution >= 4 is 125 Å². The first kappa shape index (κ1) is 72.2. The Hall–Kier alpha value is -10.7. The number of rotatable bonds is 12. The molecule has 12 heteroatoms. The predicted octanol–water partition coefficient (Wildman–Crippen LogP) is 18.0. The molecule has 20 rings (SSSR count). The summed E-state index contributed by atoms with van der Waals surface area (Å²) in [4.78, 5) is 24.6. The van der Waals surface area contributed by atoms with Crippen LogP contribution in [0.3, 0.4) is 0 Å². The Morgan fingerprint density at radius 3 is 1.12 bits per heavy atom. The largest absolute Gasteiger partial charge is 2.00 e. The summed E-state index contributed by atoms with van der Waals surface area (Å²) in [5, 5.41) is 14.8. The molecule has 6 nitrogen and oxygen atoms in total. The number of para-hydroxylation sites is 2. The first-order chi connectivity index (χ1) is 53.1. The maximum absolute atomic E-state index is 4.95. The van der Waals surface area contributed by atoms with E-state index >= 15 is 0 Å². The van der Waals surface area contributed by atoms with Crippen molar-refractivity contribution in [1.29, 1.82) is 0 Å². The van der Waals surface area contributed by atoms with E-state index in [0.717, 1.165) is 56.2 Å². The zero-order valence-electron chi connectivity index (χ0n) is 60.6. The minimum atomic E-state index is -3.23. The van der Waals surface area contributed by atoms with Gasteiger partial charge in [-0.25, -0.2) is 9.97 Å². The van der Waals surface area contributed by atoms with Crippen molar-refractivity contribution in [3.05, 3.63) is 399 Å². The van der Waals surface area contributed by atoms with Crippen molar-refractivity contribution in [2.45, 2.75) is 58.1 Å². The van der Waals surface area contributed by atoms with Crippen molar-refractivity contribution < 1.29 is 40.8 Å². The molecule has 0 fully saturated rings. The molecule has 0 bridgehead atoms. The van der Waals surface area contributed by atoms with Crippen LogP contribution in [0.2, 0.25) is 0 Å². The van der Waals surface area contributed by atoms with Gasteiger partial charge in [-0.1, -0.05) is 290 Å². The molecular weight excluding hydrogens is 1590 g/mol. The standard InChI is InChI=1S/2C49H35N3SSi.2Pd/c1-49(2)39-25-10-12-28-43(39)53-48-44(33-42-46(47(48)49)38-24-9-11-27-41(38)52(42)45-29-14-16-31-51-45)54(35-19-5-3-6-20-35,36-21-7-4-8-22-36)37-23-17-18-34(32-37)40-26-13-15-30-50-40;1-49(2)39-25-10-12-28-43(39)53-48-46-38-24-9-11-27-41(38)52(45-29-14-16-31-51-45)42(46)33-44(47(48)49)54(35-19-5-3-6-20-35,36-21-7-4-8-22-36)37-23-17-18-34(32-37)40-26-13-15-30-50-40;;/h2*3-31H,1-2H3;;/q2*-2;2*+2. The second-order valence-corrected chi connectivity index (χ2v) is 38.2. The van der Waals surface area contributed by atoms with Gasteiger partial charge in [-0.15, -0.1) is 98.1 Å². The molecule has 0 saturated carbocycles. The summed E-state index contributed by atoms with van der Waals surface area (Å²) >= 11 is 3.81. The van der Waals surface area contributed by atoms with E-state index in [9.17, 15) is 0 Å². The summed E-state index contributed by atoms with van der Waals surface area (Å²) in [6.07, 6.45) is 7.49. The van der Waals surface area contributed by atoms with Crippen LogP contribution in [0, 0.1) is 24.3 Å². The average molecular weight is 1660 g/mol. The fourth-order valence-electron chi connectivity index (χ4n) is 17.3. The third-order valence-corrected chi connectivity index (χ3v) is 33.9. The monoisotopic (exact) mass is 1660 g/mol. The van der Waals surface area contributed by atoms with Gasteiger partial charge >= 0.3 is 40.8 Å². The Kier molecular flexibility index (Phi) is 19.4. The van der Waals surface area contributed by atoms with Crippen LogP contribution >= 0.6 is 23.5 Å². The average Bonchev–Trinajstić information content (AvgIpc) is 1.31.